The van der Waals surface area contributed by atoms with E-state index in [4.69, 9.17) is 33.5 Å². The highest BCUT2D eigenvalue weighted by molar-refractivity contribution is 7.07. The Morgan fingerprint density at radius 3 is 2.32 bits per heavy atom. The predicted octanol–water partition coefficient (Wildman–Crippen LogP) is 6.11. The molecule has 0 atom stereocenters. The Labute approximate surface area is 217 Å². The van der Waals surface area contributed by atoms with Crippen molar-refractivity contribution in [2.24, 2.45) is 10.1 Å². The van der Waals surface area contributed by atoms with Crippen molar-refractivity contribution in [3.8, 4) is 34.5 Å². The van der Waals surface area contributed by atoms with E-state index in [1.54, 1.807) is 39.3 Å². The molecule has 8 nitrogen and oxygen atoms in total. The fourth-order valence-electron chi connectivity index (χ4n) is 3.86. The number of para-hydroxylation sites is 1. The SMILES string of the molecule is COc1cccc(N=c2scc(-c3cc4ccccc4o3)n2N=Cc2cc(OC)c(OC)c(OC)c2)c1. The third-order valence-corrected chi connectivity index (χ3v) is 6.47. The molecule has 3 aromatic carbocycles. The van der Waals surface area contributed by atoms with E-state index in [0.717, 1.165) is 33.7 Å². The van der Waals surface area contributed by atoms with E-state index in [1.165, 1.54) is 11.3 Å². The number of aromatic nitrogens is 1. The summed E-state index contributed by atoms with van der Waals surface area (Å²) in [6.45, 7) is 0. The molecule has 0 aliphatic rings. The number of hydrogen-bond donors (Lipinski definition) is 0. The number of benzene rings is 3. The molecule has 188 valence electrons. The van der Waals surface area contributed by atoms with E-state index in [9.17, 15) is 0 Å². The minimum atomic E-state index is 0.516. The van der Waals surface area contributed by atoms with E-state index in [0.29, 0.717) is 27.8 Å². The second kappa shape index (κ2) is 10.6. The first kappa shape index (κ1) is 24.2. The predicted molar refractivity (Wildman–Crippen MR) is 145 cm³/mol. The molecule has 0 bridgehead atoms. The molecule has 0 spiro atoms. The van der Waals surface area contributed by atoms with Crippen LogP contribution in [0.25, 0.3) is 22.4 Å². The summed E-state index contributed by atoms with van der Waals surface area (Å²) in [6.07, 6.45) is 1.72. The molecule has 0 unspecified atom stereocenters. The normalized spacial score (nSPS) is 11.8. The molecule has 0 aliphatic carbocycles. The van der Waals surface area contributed by atoms with Crippen molar-refractivity contribution in [1.82, 2.24) is 4.68 Å². The van der Waals surface area contributed by atoms with Crippen LogP contribution in [0.2, 0.25) is 0 Å². The first-order chi connectivity index (χ1) is 18.1. The minimum Gasteiger partial charge on any atom is -0.497 e. The molecule has 2 heterocycles. The molecule has 37 heavy (non-hydrogen) atoms. The third-order valence-electron chi connectivity index (χ3n) is 5.65. The van der Waals surface area contributed by atoms with E-state index < -0.39 is 0 Å². The molecule has 5 rings (SSSR count). The van der Waals surface area contributed by atoms with Crippen LogP contribution in [0, 0.1) is 0 Å². The zero-order valence-corrected chi connectivity index (χ0v) is 21.6. The van der Waals surface area contributed by atoms with Gasteiger partial charge in [0.05, 0.1) is 40.3 Å². The Hall–Kier alpha value is -4.50. The number of fused-ring (bicyclic) bond motifs is 1. The summed E-state index contributed by atoms with van der Waals surface area (Å²) in [5.74, 6) is 3.01. The lowest BCUT2D eigenvalue weighted by Gasteiger charge is -2.12. The first-order valence-corrected chi connectivity index (χ1v) is 12.2. The monoisotopic (exact) mass is 515 g/mol. The number of ether oxygens (including phenoxy) is 4. The van der Waals surface area contributed by atoms with E-state index >= 15 is 0 Å². The molecule has 0 radical (unpaired) electrons. The van der Waals surface area contributed by atoms with Gasteiger partial charge in [0, 0.05) is 22.4 Å². The van der Waals surface area contributed by atoms with Gasteiger partial charge in [0.15, 0.2) is 17.3 Å². The van der Waals surface area contributed by atoms with Gasteiger partial charge in [0.2, 0.25) is 10.6 Å². The molecule has 0 N–H and O–H groups in total. The number of thiazole rings is 1. The van der Waals surface area contributed by atoms with Crippen LogP contribution in [0.1, 0.15) is 5.56 Å². The number of furan rings is 1. The summed E-state index contributed by atoms with van der Waals surface area (Å²) in [7, 11) is 6.36. The molecular weight excluding hydrogens is 490 g/mol. The molecule has 0 saturated heterocycles. The van der Waals surface area contributed by atoms with Crippen LogP contribution >= 0.6 is 11.3 Å². The molecule has 9 heteroatoms. The van der Waals surface area contributed by atoms with Crippen LogP contribution in [0.5, 0.6) is 23.0 Å². The van der Waals surface area contributed by atoms with Gasteiger partial charge in [-0.25, -0.2) is 9.67 Å². The van der Waals surface area contributed by atoms with Crippen molar-refractivity contribution in [1.29, 1.82) is 0 Å². The van der Waals surface area contributed by atoms with Gasteiger partial charge < -0.3 is 23.4 Å². The van der Waals surface area contributed by atoms with Crippen molar-refractivity contribution < 1.29 is 23.4 Å². The molecule has 5 aromatic rings. The maximum atomic E-state index is 6.14. The van der Waals surface area contributed by atoms with Gasteiger partial charge in [-0.15, -0.1) is 11.3 Å². The molecule has 2 aromatic heterocycles. The summed E-state index contributed by atoms with van der Waals surface area (Å²) in [5, 5.41) is 7.78. The van der Waals surface area contributed by atoms with Crippen LogP contribution in [-0.4, -0.2) is 39.3 Å². The van der Waals surface area contributed by atoms with Gasteiger partial charge in [-0.2, -0.15) is 5.10 Å². The van der Waals surface area contributed by atoms with Gasteiger partial charge in [0.1, 0.15) is 17.0 Å². The zero-order chi connectivity index (χ0) is 25.8. The average Bonchev–Trinajstić information content (AvgIpc) is 3.55. The lowest BCUT2D eigenvalue weighted by atomic mass is 10.2. The standard InChI is InChI=1S/C28H25N3O5S/c1-32-21-10-7-9-20(15-21)30-28-31(22(17-37-28)24-14-19-8-5-6-11-23(19)36-24)29-16-18-12-25(33-2)27(35-4)26(13-18)34-3/h5-17H,1-4H3. The van der Waals surface area contributed by atoms with Crippen LogP contribution in [0.15, 0.2) is 86.6 Å². The van der Waals surface area contributed by atoms with Crippen molar-refractivity contribution in [3.63, 3.8) is 0 Å². The van der Waals surface area contributed by atoms with Crippen molar-refractivity contribution in [3.05, 3.63) is 82.5 Å². The fourth-order valence-corrected chi connectivity index (χ4v) is 4.69. The molecular formula is C28H25N3O5S. The Morgan fingerprint density at radius 1 is 0.838 bits per heavy atom. The van der Waals surface area contributed by atoms with Crippen LogP contribution < -0.4 is 23.7 Å². The number of nitrogens with zero attached hydrogens (tertiary/aromatic N) is 3. The smallest absolute Gasteiger partial charge is 0.211 e. The van der Waals surface area contributed by atoms with Gasteiger partial charge in [-0.1, -0.05) is 24.3 Å². The second-order valence-electron chi connectivity index (χ2n) is 7.88. The van der Waals surface area contributed by atoms with Crippen LogP contribution in [0.4, 0.5) is 5.69 Å². The summed E-state index contributed by atoms with van der Waals surface area (Å²) >= 11 is 1.46. The van der Waals surface area contributed by atoms with E-state index in [2.05, 4.69) is 0 Å². The van der Waals surface area contributed by atoms with Gasteiger partial charge in [0.25, 0.3) is 0 Å². The van der Waals surface area contributed by atoms with Crippen molar-refractivity contribution in [2.45, 2.75) is 0 Å². The lowest BCUT2D eigenvalue weighted by Crippen LogP contribution is -2.11. The maximum absolute atomic E-state index is 6.14. The number of rotatable bonds is 8. The first-order valence-electron chi connectivity index (χ1n) is 11.4. The Kier molecular flexibility index (Phi) is 6.96. The minimum absolute atomic E-state index is 0.516. The maximum Gasteiger partial charge on any atom is 0.211 e. The van der Waals surface area contributed by atoms with E-state index in [1.807, 2.05) is 72.1 Å². The van der Waals surface area contributed by atoms with Gasteiger partial charge >= 0.3 is 0 Å². The highest BCUT2D eigenvalue weighted by atomic mass is 32.1. The number of methoxy groups -OCH3 is 4. The highest BCUT2D eigenvalue weighted by Crippen LogP contribution is 2.38. The largest absolute Gasteiger partial charge is 0.497 e. The Bertz CT molecular complexity index is 1590. The lowest BCUT2D eigenvalue weighted by molar-refractivity contribution is 0.324. The Balaban J connectivity index is 1.65. The highest BCUT2D eigenvalue weighted by Gasteiger charge is 2.15. The fraction of sp³-hybridized carbons (Fsp3) is 0.143. The van der Waals surface area contributed by atoms with Crippen LogP contribution in [0.3, 0.4) is 0 Å². The third kappa shape index (κ3) is 4.94. The molecule has 0 aliphatic heterocycles. The molecule has 0 saturated carbocycles. The topological polar surface area (TPSA) is 79.7 Å². The van der Waals surface area contributed by atoms with Gasteiger partial charge in [-0.05, 0) is 36.4 Å². The summed E-state index contributed by atoms with van der Waals surface area (Å²) in [6, 6.07) is 21.1. The van der Waals surface area contributed by atoms with Crippen molar-refractivity contribution >= 4 is 34.2 Å². The average molecular weight is 516 g/mol. The quantitative estimate of drug-likeness (QED) is 0.233. The summed E-state index contributed by atoms with van der Waals surface area (Å²) in [5.41, 5.74) is 3.08. The van der Waals surface area contributed by atoms with Gasteiger partial charge in [-0.3, -0.25) is 0 Å². The van der Waals surface area contributed by atoms with Crippen LogP contribution in [-0.2, 0) is 0 Å². The van der Waals surface area contributed by atoms with Crippen molar-refractivity contribution in [2.75, 3.05) is 28.4 Å². The second-order valence-corrected chi connectivity index (χ2v) is 8.72. The molecule has 0 amide bonds. The number of hydrogen-bond acceptors (Lipinski definition) is 8. The zero-order valence-electron chi connectivity index (χ0n) is 20.8. The molecule has 0 fully saturated rings. The summed E-state index contributed by atoms with van der Waals surface area (Å²) < 4.78 is 29.7. The summed E-state index contributed by atoms with van der Waals surface area (Å²) in [4.78, 5) is 5.49. The van der Waals surface area contributed by atoms with E-state index in [-0.39, 0.29) is 0 Å². The Morgan fingerprint density at radius 2 is 1.62 bits per heavy atom.